The molecule has 11 heteroatoms. The maximum absolute atomic E-state index is 13.2. The zero-order chi connectivity index (χ0) is 28.7. The van der Waals surface area contributed by atoms with E-state index in [4.69, 9.17) is 9.47 Å². The van der Waals surface area contributed by atoms with Gasteiger partial charge in [0.25, 0.3) is 10.0 Å². The molecular formula is C29H28N4O6S. The summed E-state index contributed by atoms with van der Waals surface area (Å²) in [5.74, 6) is -0.960. The van der Waals surface area contributed by atoms with Crippen molar-refractivity contribution >= 4 is 45.4 Å². The molecule has 40 heavy (non-hydrogen) atoms. The second-order valence-corrected chi connectivity index (χ2v) is 10.2. The molecule has 0 fully saturated rings. The van der Waals surface area contributed by atoms with Crippen LogP contribution in [0.5, 0.6) is 0 Å². The number of ether oxygens (including phenoxy) is 2. The third-order valence-electron chi connectivity index (χ3n) is 5.66. The number of nitrogens with one attached hydrogen (secondary N) is 1. The average Bonchev–Trinajstić information content (AvgIpc) is 3.36. The van der Waals surface area contributed by atoms with Gasteiger partial charge in [0.05, 0.1) is 41.4 Å². The molecule has 0 radical (unpaired) electrons. The Kier molecular flexibility index (Phi) is 8.75. The predicted molar refractivity (Wildman–Crippen MR) is 152 cm³/mol. The van der Waals surface area contributed by atoms with E-state index in [-0.39, 0.29) is 18.1 Å². The summed E-state index contributed by atoms with van der Waals surface area (Å²) < 4.78 is 40.5. The monoisotopic (exact) mass is 560 g/mol. The van der Waals surface area contributed by atoms with Gasteiger partial charge in [-0.25, -0.2) is 27.5 Å². The maximum atomic E-state index is 13.2. The highest BCUT2D eigenvalue weighted by atomic mass is 32.2. The highest BCUT2D eigenvalue weighted by Crippen LogP contribution is 2.27. The molecule has 2 aromatic carbocycles. The van der Waals surface area contributed by atoms with Gasteiger partial charge in [-0.2, -0.15) is 5.10 Å². The van der Waals surface area contributed by atoms with E-state index in [0.29, 0.717) is 33.8 Å². The molecule has 0 bridgehead atoms. The quantitative estimate of drug-likeness (QED) is 0.219. The molecule has 0 unspecified atom stereocenters. The highest BCUT2D eigenvalue weighted by molar-refractivity contribution is 7.92. The number of hydrogen-bond donors (Lipinski definition) is 1. The number of aromatic nitrogens is 3. The predicted octanol–water partition coefficient (Wildman–Crippen LogP) is 4.66. The van der Waals surface area contributed by atoms with Crippen molar-refractivity contribution in [3.63, 3.8) is 0 Å². The summed E-state index contributed by atoms with van der Waals surface area (Å²) in [6, 6.07) is 15.1. The van der Waals surface area contributed by atoms with Gasteiger partial charge in [0.15, 0.2) is 5.65 Å². The van der Waals surface area contributed by atoms with E-state index in [1.165, 1.54) is 30.4 Å². The first-order chi connectivity index (χ1) is 19.2. The second-order valence-electron chi connectivity index (χ2n) is 8.57. The van der Waals surface area contributed by atoms with Crippen LogP contribution in [-0.2, 0) is 29.1 Å². The van der Waals surface area contributed by atoms with Crippen LogP contribution in [0.1, 0.15) is 30.7 Å². The van der Waals surface area contributed by atoms with Crippen molar-refractivity contribution in [2.45, 2.75) is 25.7 Å². The minimum atomic E-state index is -3.94. The van der Waals surface area contributed by atoms with Crippen LogP contribution in [0.15, 0.2) is 77.8 Å². The third-order valence-corrected chi connectivity index (χ3v) is 7.03. The van der Waals surface area contributed by atoms with Crippen molar-refractivity contribution in [2.75, 3.05) is 17.9 Å². The number of rotatable bonds is 10. The highest BCUT2D eigenvalue weighted by Gasteiger charge is 2.17. The molecule has 0 aliphatic heterocycles. The zero-order valence-electron chi connectivity index (χ0n) is 22.2. The van der Waals surface area contributed by atoms with Crippen molar-refractivity contribution in [3.05, 3.63) is 89.8 Å². The van der Waals surface area contributed by atoms with Crippen LogP contribution in [-0.4, -0.2) is 48.2 Å². The van der Waals surface area contributed by atoms with Gasteiger partial charge < -0.3 is 9.47 Å². The van der Waals surface area contributed by atoms with Crippen molar-refractivity contribution in [1.82, 2.24) is 14.6 Å². The van der Waals surface area contributed by atoms with E-state index in [1.54, 1.807) is 74.0 Å². The molecule has 10 nitrogen and oxygen atoms in total. The minimum absolute atomic E-state index is 0.0450. The van der Waals surface area contributed by atoms with Gasteiger partial charge in [-0.3, -0.25) is 4.72 Å². The maximum Gasteiger partial charge on any atom is 0.330 e. The normalized spacial score (nSPS) is 11.8. The molecule has 0 aliphatic carbocycles. The lowest BCUT2D eigenvalue weighted by atomic mass is 10.1. The fourth-order valence-electron chi connectivity index (χ4n) is 3.70. The fraction of sp³-hybridized carbons (Fsp3) is 0.172. The number of nitrogens with zero attached hydrogens (tertiary/aromatic N) is 3. The van der Waals surface area contributed by atoms with Crippen molar-refractivity contribution < 1.29 is 27.5 Å². The van der Waals surface area contributed by atoms with E-state index >= 15 is 0 Å². The Balaban J connectivity index is 1.57. The number of esters is 2. The van der Waals surface area contributed by atoms with E-state index in [1.807, 2.05) is 6.07 Å². The Bertz CT molecular complexity index is 1720. The first-order valence-corrected chi connectivity index (χ1v) is 14.0. The summed E-state index contributed by atoms with van der Waals surface area (Å²) in [7, 11) is -3.94. The summed E-state index contributed by atoms with van der Waals surface area (Å²) in [6.45, 7) is 5.78. The van der Waals surface area contributed by atoms with Crippen LogP contribution >= 0.6 is 0 Å². The molecule has 4 rings (SSSR count). The van der Waals surface area contributed by atoms with Gasteiger partial charge in [0, 0.05) is 17.7 Å². The summed E-state index contributed by atoms with van der Waals surface area (Å²) in [5.41, 5.74) is 4.05. The molecule has 0 amide bonds. The number of carbonyl (C=O) groups excluding carboxylic acids is 2. The topological polar surface area (TPSA) is 129 Å². The average molecular weight is 561 g/mol. The van der Waals surface area contributed by atoms with Crippen LogP contribution in [0, 0.1) is 6.92 Å². The SMILES string of the molecule is CCOC(=O)C=Cc1cccc(S(=O)(=O)Nc2cc(-c3cn4nc(C=CC(=O)OCC)ccc4n3)ccc2C)c1. The molecule has 2 heterocycles. The van der Waals surface area contributed by atoms with Gasteiger partial charge in [-0.1, -0.05) is 24.3 Å². The molecule has 0 spiro atoms. The molecule has 2 aromatic heterocycles. The van der Waals surface area contributed by atoms with Gasteiger partial charge in [0.2, 0.25) is 0 Å². The molecular weight excluding hydrogens is 532 g/mol. The Morgan fingerprint density at radius 1 is 0.950 bits per heavy atom. The van der Waals surface area contributed by atoms with E-state index < -0.39 is 22.0 Å². The van der Waals surface area contributed by atoms with Crippen molar-refractivity contribution in [1.29, 1.82) is 0 Å². The lowest BCUT2D eigenvalue weighted by Gasteiger charge is -2.12. The molecule has 1 N–H and O–H groups in total. The molecule has 4 aromatic rings. The number of carbonyl (C=O) groups is 2. The number of aryl methyl sites for hydroxylation is 1. The number of hydrogen-bond acceptors (Lipinski definition) is 8. The van der Waals surface area contributed by atoms with E-state index in [2.05, 4.69) is 14.8 Å². The Hall–Kier alpha value is -4.77. The summed E-state index contributed by atoms with van der Waals surface area (Å²) in [5, 5.41) is 4.45. The van der Waals surface area contributed by atoms with Crippen molar-refractivity contribution in [2.24, 2.45) is 0 Å². The number of sulfonamides is 1. The third kappa shape index (κ3) is 7.00. The summed E-state index contributed by atoms with van der Waals surface area (Å²) >= 11 is 0. The van der Waals surface area contributed by atoms with Gasteiger partial charge in [-0.05, 0) is 74.4 Å². The molecule has 0 aliphatic rings. The van der Waals surface area contributed by atoms with Gasteiger partial charge in [-0.15, -0.1) is 0 Å². The Morgan fingerprint density at radius 3 is 2.40 bits per heavy atom. The number of fused-ring (bicyclic) bond motifs is 1. The number of anilines is 1. The lowest BCUT2D eigenvalue weighted by Crippen LogP contribution is -2.14. The minimum Gasteiger partial charge on any atom is -0.463 e. The zero-order valence-corrected chi connectivity index (χ0v) is 23.0. The van der Waals surface area contributed by atoms with Crippen LogP contribution in [0.3, 0.4) is 0 Å². The van der Waals surface area contributed by atoms with Crippen LogP contribution in [0.25, 0.3) is 29.1 Å². The van der Waals surface area contributed by atoms with Gasteiger partial charge >= 0.3 is 11.9 Å². The first-order valence-electron chi connectivity index (χ1n) is 12.5. The molecule has 0 atom stereocenters. The molecule has 0 saturated carbocycles. The number of imidazole rings is 1. The smallest absolute Gasteiger partial charge is 0.330 e. The summed E-state index contributed by atoms with van der Waals surface area (Å²) in [4.78, 5) is 27.8. The Morgan fingerprint density at radius 2 is 1.68 bits per heavy atom. The molecule has 0 saturated heterocycles. The fourth-order valence-corrected chi connectivity index (χ4v) is 4.88. The largest absolute Gasteiger partial charge is 0.463 e. The molecule has 206 valence electrons. The van der Waals surface area contributed by atoms with E-state index in [9.17, 15) is 18.0 Å². The second kappa shape index (κ2) is 12.4. The van der Waals surface area contributed by atoms with Crippen LogP contribution < -0.4 is 4.72 Å². The van der Waals surface area contributed by atoms with Crippen molar-refractivity contribution in [3.8, 4) is 11.3 Å². The van der Waals surface area contributed by atoms with Crippen LogP contribution in [0.4, 0.5) is 5.69 Å². The Labute approximate surface area is 232 Å². The van der Waals surface area contributed by atoms with Gasteiger partial charge in [0.1, 0.15) is 0 Å². The van der Waals surface area contributed by atoms with E-state index in [0.717, 1.165) is 5.56 Å². The summed E-state index contributed by atoms with van der Waals surface area (Å²) in [6.07, 6.45) is 7.33. The first kappa shape index (κ1) is 28.2. The standard InChI is InChI=1S/C29H28N4O6S/c1-4-38-28(34)15-10-21-7-6-8-24(17-21)40(36,37)32-25-18-22(11-9-20(25)3)26-19-33-27(30-26)14-12-23(31-33)13-16-29(35)39-5-2/h6-19,32H,4-5H2,1-3H3. The number of benzene rings is 2. The van der Waals surface area contributed by atoms with Crippen LogP contribution in [0.2, 0.25) is 0 Å². The lowest BCUT2D eigenvalue weighted by molar-refractivity contribution is -0.138.